The van der Waals surface area contributed by atoms with Crippen LogP contribution in [0.2, 0.25) is 0 Å². The van der Waals surface area contributed by atoms with Crippen LogP contribution in [-0.2, 0) is 6.54 Å². The number of aryl methyl sites for hydroxylation is 2. The summed E-state index contributed by atoms with van der Waals surface area (Å²) in [6.45, 7) is 10.6. The Morgan fingerprint density at radius 2 is 2.14 bits per heavy atom. The van der Waals surface area contributed by atoms with Crippen LogP contribution in [0.5, 0.6) is 0 Å². The van der Waals surface area contributed by atoms with Gasteiger partial charge in [-0.3, -0.25) is 0 Å². The first-order chi connectivity index (χ1) is 10.0. The van der Waals surface area contributed by atoms with Crippen LogP contribution in [0.1, 0.15) is 36.6 Å². The molecular formula is C17H30N4. The smallest absolute Gasteiger partial charge is 0.133 e. The fraction of sp³-hybridized carbons (Fsp3) is 0.706. The molecule has 4 heteroatoms. The lowest BCUT2D eigenvalue weighted by molar-refractivity contribution is 0.371. The molecule has 0 bridgehead atoms. The monoisotopic (exact) mass is 290 g/mol. The number of nitrogens with one attached hydrogen (secondary N) is 1. The van der Waals surface area contributed by atoms with E-state index in [-0.39, 0.29) is 0 Å². The van der Waals surface area contributed by atoms with Crippen LogP contribution in [0.15, 0.2) is 6.07 Å². The molecule has 1 N–H and O–H groups in total. The molecule has 0 aliphatic carbocycles. The van der Waals surface area contributed by atoms with Crippen LogP contribution in [0, 0.1) is 13.8 Å². The molecule has 21 heavy (non-hydrogen) atoms. The van der Waals surface area contributed by atoms with E-state index in [0.717, 1.165) is 31.9 Å². The second-order valence-electron chi connectivity index (χ2n) is 6.41. The third kappa shape index (κ3) is 3.95. The molecule has 0 spiro atoms. The number of hydrogen-bond donors (Lipinski definition) is 1. The molecular weight excluding hydrogens is 260 g/mol. The number of rotatable bonds is 6. The highest BCUT2D eigenvalue weighted by atomic mass is 15.3. The van der Waals surface area contributed by atoms with E-state index in [2.05, 4.69) is 56.0 Å². The van der Waals surface area contributed by atoms with Gasteiger partial charge >= 0.3 is 0 Å². The van der Waals surface area contributed by atoms with Gasteiger partial charge in [0.05, 0.1) is 0 Å². The van der Waals surface area contributed by atoms with Crippen LogP contribution in [0.3, 0.4) is 0 Å². The van der Waals surface area contributed by atoms with Gasteiger partial charge in [0.25, 0.3) is 0 Å². The second-order valence-corrected chi connectivity index (χ2v) is 6.41. The Morgan fingerprint density at radius 3 is 2.81 bits per heavy atom. The number of aromatic nitrogens is 1. The van der Waals surface area contributed by atoms with Crippen molar-refractivity contribution in [1.29, 1.82) is 0 Å². The quantitative estimate of drug-likeness (QED) is 0.871. The normalized spacial score (nSPS) is 18.8. The van der Waals surface area contributed by atoms with Gasteiger partial charge in [-0.25, -0.2) is 4.98 Å². The Bertz CT molecular complexity index is 470. The van der Waals surface area contributed by atoms with E-state index >= 15 is 0 Å². The average molecular weight is 290 g/mol. The fourth-order valence-electron chi connectivity index (χ4n) is 3.28. The molecule has 0 aromatic carbocycles. The summed E-state index contributed by atoms with van der Waals surface area (Å²) >= 11 is 0. The van der Waals surface area contributed by atoms with Crippen LogP contribution >= 0.6 is 0 Å². The topological polar surface area (TPSA) is 31.4 Å². The predicted molar refractivity (Wildman–Crippen MR) is 90.0 cm³/mol. The average Bonchev–Trinajstić information content (AvgIpc) is 2.84. The van der Waals surface area contributed by atoms with E-state index in [1.807, 2.05) is 0 Å². The highest BCUT2D eigenvalue weighted by Crippen LogP contribution is 2.29. The van der Waals surface area contributed by atoms with E-state index in [1.165, 1.54) is 29.8 Å². The molecule has 1 atom stereocenters. The molecule has 1 fully saturated rings. The molecule has 1 saturated heterocycles. The molecule has 4 nitrogen and oxygen atoms in total. The zero-order valence-electron chi connectivity index (χ0n) is 14.2. The summed E-state index contributed by atoms with van der Waals surface area (Å²) in [6, 6.07) is 2.79. The van der Waals surface area contributed by atoms with Crippen LogP contribution in [-0.4, -0.2) is 49.7 Å². The van der Waals surface area contributed by atoms with Crippen molar-refractivity contribution >= 4 is 5.82 Å². The van der Waals surface area contributed by atoms with Gasteiger partial charge in [0.2, 0.25) is 0 Å². The second kappa shape index (κ2) is 7.23. The molecule has 1 aliphatic rings. The zero-order chi connectivity index (χ0) is 15.4. The highest BCUT2D eigenvalue weighted by Gasteiger charge is 2.28. The largest absolute Gasteiger partial charge is 0.352 e. The van der Waals surface area contributed by atoms with E-state index < -0.39 is 0 Å². The Kier molecular flexibility index (Phi) is 5.59. The summed E-state index contributed by atoms with van der Waals surface area (Å²) in [5.74, 6) is 1.21. The predicted octanol–water partition coefficient (Wildman–Crippen LogP) is 2.34. The van der Waals surface area contributed by atoms with Gasteiger partial charge in [0, 0.05) is 36.9 Å². The summed E-state index contributed by atoms with van der Waals surface area (Å²) in [5.41, 5.74) is 3.85. The molecule has 2 rings (SSSR count). The van der Waals surface area contributed by atoms with E-state index in [1.54, 1.807) is 0 Å². The fourth-order valence-corrected chi connectivity index (χ4v) is 3.28. The first kappa shape index (κ1) is 16.2. The first-order valence-electron chi connectivity index (χ1n) is 8.12. The summed E-state index contributed by atoms with van der Waals surface area (Å²) in [6.07, 6.45) is 2.54. The van der Waals surface area contributed by atoms with Crippen molar-refractivity contribution < 1.29 is 0 Å². The Hall–Kier alpha value is -1.13. The van der Waals surface area contributed by atoms with Crippen molar-refractivity contribution in [3.8, 4) is 0 Å². The minimum atomic E-state index is 0.592. The third-order valence-corrected chi connectivity index (χ3v) is 4.23. The Labute approximate surface area is 129 Å². The summed E-state index contributed by atoms with van der Waals surface area (Å²) in [4.78, 5) is 9.72. The van der Waals surface area contributed by atoms with Crippen molar-refractivity contribution in [1.82, 2.24) is 15.2 Å². The minimum Gasteiger partial charge on any atom is -0.352 e. The van der Waals surface area contributed by atoms with Gasteiger partial charge < -0.3 is 15.1 Å². The molecule has 0 radical (unpaired) electrons. The molecule has 1 aromatic rings. The van der Waals surface area contributed by atoms with Crippen molar-refractivity contribution in [3.05, 3.63) is 22.9 Å². The molecule has 2 heterocycles. The van der Waals surface area contributed by atoms with Gasteiger partial charge in [0.15, 0.2) is 0 Å². The van der Waals surface area contributed by atoms with Gasteiger partial charge in [-0.15, -0.1) is 0 Å². The molecule has 0 amide bonds. The summed E-state index contributed by atoms with van der Waals surface area (Å²) in [7, 11) is 4.32. The van der Waals surface area contributed by atoms with E-state index in [4.69, 9.17) is 4.98 Å². The number of likely N-dealkylation sites (N-methyl/N-ethyl adjacent to an activating group) is 1. The van der Waals surface area contributed by atoms with Crippen molar-refractivity contribution in [2.45, 2.75) is 46.2 Å². The summed E-state index contributed by atoms with van der Waals surface area (Å²) < 4.78 is 0. The molecule has 1 unspecified atom stereocenters. The summed E-state index contributed by atoms with van der Waals surface area (Å²) in [5, 5.41) is 3.47. The van der Waals surface area contributed by atoms with Crippen LogP contribution in [0.4, 0.5) is 5.82 Å². The van der Waals surface area contributed by atoms with Crippen LogP contribution < -0.4 is 10.2 Å². The Balaban J connectivity index is 2.32. The third-order valence-electron chi connectivity index (χ3n) is 4.23. The minimum absolute atomic E-state index is 0.592. The molecule has 118 valence electrons. The maximum Gasteiger partial charge on any atom is 0.133 e. The SMILES string of the molecule is CCNCc1c(C)cc(C)nc1N1CCCC1CN(C)C. The molecule has 0 saturated carbocycles. The van der Waals surface area contributed by atoms with Crippen molar-refractivity contribution in [2.24, 2.45) is 0 Å². The van der Waals surface area contributed by atoms with Gasteiger partial charge in [-0.2, -0.15) is 0 Å². The number of nitrogens with zero attached hydrogens (tertiary/aromatic N) is 3. The lowest BCUT2D eigenvalue weighted by atomic mass is 10.1. The van der Waals surface area contributed by atoms with Crippen molar-refractivity contribution in [3.63, 3.8) is 0 Å². The maximum absolute atomic E-state index is 4.89. The number of anilines is 1. The lowest BCUT2D eigenvalue weighted by Crippen LogP contribution is -2.39. The molecule has 1 aromatic heterocycles. The first-order valence-corrected chi connectivity index (χ1v) is 8.12. The standard InChI is InChI=1S/C17H30N4/c1-6-18-11-16-13(2)10-14(3)19-17(16)21-9-7-8-15(21)12-20(4)5/h10,15,18H,6-9,11-12H2,1-5H3. The Morgan fingerprint density at radius 1 is 1.38 bits per heavy atom. The number of hydrogen-bond acceptors (Lipinski definition) is 4. The lowest BCUT2D eigenvalue weighted by Gasteiger charge is -2.30. The van der Waals surface area contributed by atoms with Crippen molar-refractivity contribution in [2.75, 3.05) is 38.6 Å². The highest BCUT2D eigenvalue weighted by molar-refractivity contribution is 5.53. The zero-order valence-corrected chi connectivity index (χ0v) is 14.2. The van der Waals surface area contributed by atoms with Crippen LogP contribution in [0.25, 0.3) is 0 Å². The van der Waals surface area contributed by atoms with Gasteiger partial charge in [-0.1, -0.05) is 6.92 Å². The van der Waals surface area contributed by atoms with E-state index in [9.17, 15) is 0 Å². The number of pyridine rings is 1. The van der Waals surface area contributed by atoms with Gasteiger partial charge in [-0.05, 0) is 59.0 Å². The maximum atomic E-state index is 4.89. The van der Waals surface area contributed by atoms with E-state index in [0.29, 0.717) is 6.04 Å². The van der Waals surface area contributed by atoms with Gasteiger partial charge in [0.1, 0.15) is 5.82 Å². The molecule has 1 aliphatic heterocycles.